The van der Waals surface area contributed by atoms with Gasteiger partial charge in [-0.15, -0.1) is 0 Å². The van der Waals surface area contributed by atoms with E-state index < -0.39 is 5.97 Å². The minimum Gasteiger partial charge on any atom is -0.477 e. The zero-order chi connectivity index (χ0) is 14.3. The molecule has 0 bridgehead atoms. The topological polar surface area (TPSA) is 67.5 Å². The first kappa shape index (κ1) is 12.8. The van der Waals surface area contributed by atoms with Gasteiger partial charge >= 0.3 is 5.97 Å². The normalized spacial score (nSPS) is 10.9. The first-order valence-electron chi connectivity index (χ1n) is 5.91. The molecule has 2 heterocycles. The van der Waals surface area contributed by atoms with E-state index in [0.29, 0.717) is 5.65 Å². The largest absolute Gasteiger partial charge is 0.477 e. The molecule has 3 rings (SSSR count). The number of hydrogen-bond donors (Lipinski definition) is 1. The van der Waals surface area contributed by atoms with Crippen LogP contribution in [0.2, 0.25) is 0 Å². The zero-order valence-electron chi connectivity index (χ0n) is 10.5. The van der Waals surface area contributed by atoms with E-state index in [1.165, 1.54) is 10.7 Å². The average Bonchev–Trinajstić information content (AvgIpc) is 2.83. The molecule has 0 spiro atoms. The second-order valence-corrected chi connectivity index (χ2v) is 5.31. The second kappa shape index (κ2) is 4.72. The fourth-order valence-corrected chi connectivity index (χ4v) is 2.46. The Kier molecular flexibility index (Phi) is 3.02. The number of aromatic carboxylic acids is 1. The van der Waals surface area contributed by atoms with Crippen LogP contribution in [0.25, 0.3) is 16.9 Å². The maximum absolute atomic E-state index is 11.2. The number of carboxylic acids is 1. The lowest BCUT2D eigenvalue weighted by molar-refractivity contribution is 0.0699. The maximum Gasteiger partial charge on any atom is 0.341 e. The summed E-state index contributed by atoms with van der Waals surface area (Å²) in [5.74, 6) is -1.03. The van der Waals surface area contributed by atoms with Gasteiger partial charge in [0.1, 0.15) is 5.56 Å². The van der Waals surface area contributed by atoms with E-state index >= 15 is 0 Å². The molecule has 6 heteroatoms. The summed E-state index contributed by atoms with van der Waals surface area (Å²) in [5, 5.41) is 13.2. The number of aromatic nitrogens is 3. The molecule has 1 aromatic carbocycles. The number of fused-ring (bicyclic) bond motifs is 1. The smallest absolute Gasteiger partial charge is 0.341 e. The lowest BCUT2D eigenvalue weighted by Gasteiger charge is -2.05. The molecule has 0 amide bonds. The van der Waals surface area contributed by atoms with Crippen molar-refractivity contribution < 1.29 is 9.90 Å². The molecular weight excluding hydrogens is 322 g/mol. The molecule has 0 aliphatic heterocycles. The van der Waals surface area contributed by atoms with Gasteiger partial charge in [-0.3, -0.25) is 0 Å². The summed E-state index contributed by atoms with van der Waals surface area (Å²) in [6.45, 7) is 1.87. The molecule has 2 aromatic heterocycles. The van der Waals surface area contributed by atoms with E-state index in [-0.39, 0.29) is 5.56 Å². The van der Waals surface area contributed by atoms with E-state index in [9.17, 15) is 4.79 Å². The number of hydrogen-bond acceptors (Lipinski definition) is 3. The van der Waals surface area contributed by atoms with Crippen LogP contribution in [0.1, 0.15) is 16.1 Å². The van der Waals surface area contributed by atoms with Crippen LogP contribution in [0.4, 0.5) is 0 Å². The van der Waals surface area contributed by atoms with Crippen LogP contribution >= 0.6 is 15.9 Å². The van der Waals surface area contributed by atoms with Gasteiger partial charge in [0.2, 0.25) is 0 Å². The fraction of sp³-hybridized carbons (Fsp3) is 0.0714. The highest BCUT2D eigenvalue weighted by Crippen LogP contribution is 2.23. The van der Waals surface area contributed by atoms with Crippen molar-refractivity contribution in [3.05, 3.63) is 52.3 Å². The summed E-state index contributed by atoms with van der Waals surface area (Å²) in [5.41, 5.74) is 2.93. The SMILES string of the molecule is Cc1cc(-c2cccc(Br)c2)nc2c(C(=O)O)cnn12. The molecular formula is C14H10BrN3O2. The monoisotopic (exact) mass is 331 g/mol. The standard InChI is InChI=1S/C14H10BrN3O2/c1-8-5-12(9-3-2-4-10(15)6-9)17-13-11(14(19)20)7-16-18(8)13/h2-7H,1H3,(H,19,20). The Morgan fingerprint density at radius 1 is 1.35 bits per heavy atom. The van der Waals surface area contributed by atoms with Crippen molar-refractivity contribution in [3.8, 4) is 11.3 Å². The molecule has 0 atom stereocenters. The highest BCUT2D eigenvalue weighted by atomic mass is 79.9. The number of rotatable bonds is 2. The molecule has 1 N–H and O–H groups in total. The first-order chi connectivity index (χ1) is 9.56. The van der Waals surface area contributed by atoms with Gasteiger partial charge in [-0.05, 0) is 25.1 Å². The molecule has 5 nitrogen and oxygen atoms in total. The van der Waals surface area contributed by atoms with Crippen LogP contribution in [0.5, 0.6) is 0 Å². The van der Waals surface area contributed by atoms with Crippen LogP contribution in [-0.2, 0) is 0 Å². The highest BCUT2D eigenvalue weighted by molar-refractivity contribution is 9.10. The molecule has 0 saturated carbocycles. The minimum absolute atomic E-state index is 0.102. The molecule has 100 valence electrons. The van der Waals surface area contributed by atoms with Gasteiger partial charge in [-0.25, -0.2) is 14.3 Å². The molecule has 0 aliphatic rings. The third-order valence-electron chi connectivity index (χ3n) is 3.00. The summed E-state index contributed by atoms with van der Waals surface area (Å²) >= 11 is 3.42. The second-order valence-electron chi connectivity index (χ2n) is 4.39. The summed E-state index contributed by atoms with van der Waals surface area (Å²) in [6.07, 6.45) is 1.32. The van der Waals surface area contributed by atoms with E-state index in [2.05, 4.69) is 26.0 Å². The number of carboxylic acid groups (broad SMARTS) is 1. The molecule has 0 aliphatic carbocycles. The van der Waals surface area contributed by atoms with Crippen molar-refractivity contribution in [3.63, 3.8) is 0 Å². The Morgan fingerprint density at radius 2 is 2.15 bits per heavy atom. The minimum atomic E-state index is -1.03. The molecule has 3 aromatic rings. The summed E-state index contributed by atoms with van der Waals surface area (Å²) in [6, 6.07) is 9.59. The van der Waals surface area contributed by atoms with Crippen molar-refractivity contribution in [2.24, 2.45) is 0 Å². The number of aryl methyl sites for hydroxylation is 1. The predicted octanol–water partition coefficient (Wildman–Crippen LogP) is 3.17. The van der Waals surface area contributed by atoms with E-state index in [4.69, 9.17) is 5.11 Å². The molecule has 20 heavy (non-hydrogen) atoms. The first-order valence-corrected chi connectivity index (χ1v) is 6.70. The third-order valence-corrected chi connectivity index (χ3v) is 3.49. The average molecular weight is 332 g/mol. The van der Waals surface area contributed by atoms with E-state index in [1.54, 1.807) is 0 Å². The quantitative estimate of drug-likeness (QED) is 0.783. The van der Waals surface area contributed by atoms with Gasteiger partial charge in [0.05, 0.1) is 11.9 Å². The molecule has 0 radical (unpaired) electrons. The Labute approximate surface area is 123 Å². The van der Waals surface area contributed by atoms with Crippen LogP contribution in [0.15, 0.2) is 41.0 Å². The van der Waals surface area contributed by atoms with Gasteiger partial charge in [0, 0.05) is 15.7 Å². The Bertz CT molecular complexity index is 826. The molecule has 0 saturated heterocycles. The number of benzene rings is 1. The van der Waals surface area contributed by atoms with Crippen molar-refractivity contribution in [1.82, 2.24) is 14.6 Å². The van der Waals surface area contributed by atoms with Gasteiger partial charge < -0.3 is 5.11 Å². The number of carbonyl (C=O) groups is 1. The highest BCUT2D eigenvalue weighted by Gasteiger charge is 2.15. The van der Waals surface area contributed by atoms with Crippen LogP contribution in [-0.4, -0.2) is 25.7 Å². The fourth-order valence-electron chi connectivity index (χ4n) is 2.06. The lowest BCUT2D eigenvalue weighted by atomic mass is 10.1. The Hall–Kier alpha value is -2.21. The zero-order valence-corrected chi connectivity index (χ0v) is 12.1. The van der Waals surface area contributed by atoms with Gasteiger partial charge in [-0.2, -0.15) is 5.10 Å². The molecule has 0 unspecified atom stereocenters. The third kappa shape index (κ3) is 2.08. The summed E-state index contributed by atoms with van der Waals surface area (Å²) in [7, 11) is 0. The number of nitrogens with zero attached hydrogens (tertiary/aromatic N) is 3. The lowest BCUT2D eigenvalue weighted by Crippen LogP contribution is -2.01. The van der Waals surface area contributed by atoms with Gasteiger partial charge in [0.25, 0.3) is 0 Å². The van der Waals surface area contributed by atoms with Crippen molar-refractivity contribution in [1.29, 1.82) is 0 Å². The number of halogens is 1. The van der Waals surface area contributed by atoms with E-state index in [0.717, 1.165) is 21.4 Å². The summed E-state index contributed by atoms with van der Waals surface area (Å²) in [4.78, 5) is 15.6. The van der Waals surface area contributed by atoms with Crippen molar-refractivity contribution in [2.45, 2.75) is 6.92 Å². The molecule has 0 fully saturated rings. The van der Waals surface area contributed by atoms with Crippen molar-refractivity contribution >= 4 is 27.5 Å². The Morgan fingerprint density at radius 3 is 2.85 bits per heavy atom. The van der Waals surface area contributed by atoms with Gasteiger partial charge in [-0.1, -0.05) is 28.1 Å². The van der Waals surface area contributed by atoms with Crippen LogP contribution in [0, 0.1) is 6.92 Å². The van der Waals surface area contributed by atoms with Crippen molar-refractivity contribution in [2.75, 3.05) is 0 Å². The predicted molar refractivity (Wildman–Crippen MR) is 77.8 cm³/mol. The Balaban J connectivity index is 2.27. The van der Waals surface area contributed by atoms with E-state index in [1.807, 2.05) is 37.3 Å². The van der Waals surface area contributed by atoms with Gasteiger partial charge in [0.15, 0.2) is 5.65 Å². The van der Waals surface area contributed by atoms with Crippen LogP contribution in [0.3, 0.4) is 0 Å². The maximum atomic E-state index is 11.2. The van der Waals surface area contributed by atoms with Crippen LogP contribution < -0.4 is 0 Å². The summed E-state index contributed by atoms with van der Waals surface area (Å²) < 4.78 is 2.48.